The fraction of sp³-hybridized carbons (Fsp3) is 0.247. The van der Waals surface area contributed by atoms with Gasteiger partial charge < -0.3 is 38.5 Å². The Labute approximate surface area is 628 Å². The second-order valence-electron chi connectivity index (χ2n) is 27.6. The molecule has 3 atom stereocenters. The van der Waals surface area contributed by atoms with E-state index in [4.69, 9.17) is 24.0 Å². The summed E-state index contributed by atoms with van der Waals surface area (Å²) < 4.78 is 83.4. The van der Waals surface area contributed by atoms with Crippen LogP contribution in [0, 0.1) is 23.3 Å². The molecule has 4 amide bonds. The fourth-order valence-corrected chi connectivity index (χ4v) is 13.5. The summed E-state index contributed by atoms with van der Waals surface area (Å²) in [6.45, 7) is 15.9. The third-order valence-electron chi connectivity index (χ3n) is 19.0. The van der Waals surface area contributed by atoms with Gasteiger partial charge in [0.15, 0.2) is 0 Å². The highest BCUT2D eigenvalue weighted by Crippen LogP contribution is 2.32. The van der Waals surface area contributed by atoms with Crippen LogP contribution in [0.1, 0.15) is 134 Å². The van der Waals surface area contributed by atoms with Crippen molar-refractivity contribution < 1.29 is 55.7 Å². The Kier molecular flexibility index (Phi) is 23.2. The Bertz CT molecular complexity index is 4970. The molecule has 4 aliphatic heterocycles. The molecule has 0 N–H and O–H groups in total. The Morgan fingerprint density at radius 3 is 1.23 bits per heavy atom. The van der Waals surface area contributed by atoms with Gasteiger partial charge in [-0.15, -0.1) is 0 Å². The molecule has 4 aliphatic rings. The summed E-state index contributed by atoms with van der Waals surface area (Å²) in [5.41, 5.74) is 8.78. The minimum Gasteiger partial charge on any atom is -0.487 e. The molecule has 16 rings (SSSR count). The Hall–Kier alpha value is -12.6. The summed E-state index contributed by atoms with van der Waals surface area (Å²) >= 11 is 0. The third-order valence-corrected chi connectivity index (χ3v) is 19.0. The topological polar surface area (TPSA) is 189 Å². The van der Waals surface area contributed by atoms with Crippen LogP contribution < -0.4 is 18.9 Å². The van der Waals surface area contributed by atoms with E-state index in [2.05, 4.69) is 29.1 Å². The molecule has 558 valence electrons. The fourth-order valence-electron chi connectivity index (χ4n) is 13.5. The number of amides is 4. The Morgan fingerprint density at radius 2 is 0.761 bits per heavy atom. The first-order chi connectivity index (χ1) is 52.7. The van der Waals surface area contributed by atoms with Crippen molar-refractivity contribution >= 4 is 23.6 Å². The zero-order chi connectivity index (χ0) is 76.1. The summed E-state index contributed by atoms with van der Waals surface area (Å²) in [5, 5.41) is 18.5. The number of hydrogen-bond acceptors (Lipinski definition) is 12. The molecule has 24 heteroatoms. The summed E-state index contributed by atoms with van der Waals surface area (Å²) in [6, 6.07) is 68.9. The van der Waals surface area contributed by atoms with Crippen LogP contribution in [0.5, 0.6) is 23.0 Å². The van der Waals surface area contributed by atoms with Crippen molar-refractivity contribution in [2.75, 3.05) is 19.6 Å². The number of halogens is 4. The molecule has 0 saturated heterocycles. The van der Waals surface area contributed by atoms with E-state index >= 15 is 0 Å². The van der Waals surface area contributed by atoms with Crippen LogP contribution in [0.15, 0.2) is 243 Å². The van der Waals surface area contributed by atoms with Crippen molar-refractivity contribution in [1.29, 1.82) is 0 Å². The minimum atomic E-state index is -0.353. The molecule has 0 radical (unpaired) electrons. The summed E-state index contributed by atoms with van der Waals surface area (Å²) in [5.74, 6) is 1.38. The molecule has 8 heterocycles. The lowest BCUT2D eigenvalue weighted by atomic mass is 10.0. The predicted octanol–water partition coefficient (Wildman–Crippen LogP) is 15.3. The second kappa shape index (κ2) is 33.9. The zero-order valence-corrected chi connectivity index (χ0v) is 61.0. The largest absolute Gasteiger partial charge is 0.487 e. The highest BCUT2D eigenvalue weighted by molar-refractivity contribution is 5.96. The van der Waals surface area contributed by atoms with Crippen LogP contribution in [0.25, 0.3) is 0 Å². The van der Waals surface area contributed by atoms with Crippen LogP contribution in [-0.2, 0) is 64.7 Å². The number of carbonyl (C=O) groups is 4. The van der Waals surface area contributed by atoms with Gasteiger partial charge in [-0.25, -0.2) is 17.6 Å². The number of ether oxygens (including phenoxy) is 4. The van der Waals surface area contributed by atoms with Gasteiger partial charge >= 0.3 is 0 Å². The molecule has 3 unspecified atom stereocenters. The van der Waals surface area contributed by atoms with E-state index in [1.807, 2.05) is 185 Å². The van der Waals surface area contributed by atoms with E-state index in [0.717, 1.165) is 68.5 Å². The van der Waals surface area contributed by atoms with Crippen LogP contribution >= 0.6 is 0 Å². The Balaban J connectivity index is 0.000000128. The average molecular weight is 1480 g/mol. The lowest BCUT2D eigenvalue weighted by Crippen LogP contribution is -2.49. The van der Waals surface area contributed by atoms with E-state index in [1.165, 1.54) is 97.1 Å². The van der Waals surface area contributed by atoms with Crippen molar-refractivity contribution in [2.45, 2.75) is 117 Å². The number of fused-ring (bicyclic) bond motifs is 4. The Morgan fingerprint density at radius 1 is 0.385 bits per heavy atom. The van der Waals surface area contributed by atoms with Crippen LogP contribution in [0.4, 0.5) is 17.6 Å². The minimum absolute atomic E-state index is 0.00200. The first-order valence-corrected chi connectivity index (χ1v) is 36.0. The van der Waals surface area contributed by atoms with Crippen molar-refractivity contribution in [2.24, 2.45) is 0 Å². The van der Waals surface area contributed by atoms with Crippen LogP contribution in [-0.4, -0.2) is 108 Å². The monoisotopic (exact) mass is 1470 g/mol. The predicted molar refractivity (Wildman–Crippen MR) is 400 cm³/mol. The van der Waals surface area contributed by atoms with Gasteiger partial charge in [0, 0.05) is 47.9 Å². The van der Waals surface area contributed by atoms with Gasteiger partial charge in [0.25, 0.3) is 23.6 Å². The smallest absolute Gasteiger partial charge is 0.254 e. The van der Waals surface area contributed by atoms with Gasteiger partial charge in [-0.2, -0.15) is 20.4 Å². The number of nitrogens with zero attached hydrogens (tertiary/aromatic N) is 12. The SMILES string of the molecule is CC1(C)CN(C(=O)c2ccc(F)cc2)Cc2cc(COc3ccccc3)nn21.CC1CN(C(=O)c2ccc(F)cc2)Cc2cc(COc3ccccc3)nn21.CC1Cn2nc(COc3ccccc3)cc2CN1C(=O)c1ccc(F)cc1.CC1c2cc(COc3ccccc3)nn2CCN1C(=O)c1ccc(F)cc1. The molecule has 12 aromatic rings. The highest BCUT2D eigenvalue weighted by Gasteiger charge is 2.37. The summed E-state index contributed by atoms with van der Waals surface area (Å²) in [7, 11) is 0. The van der Waals surface area contributed by atoms with E-state index in [9.17, 15) is 36.7 Å². The van der Waals surface area contributed by atoms with E-state index < -0.39 is 0 Å². The number of aromatic nitrogens is 8. The molecular formula is C85H82F4N12O8. The average Bonchev–Trinajstić information content (AvgIpc) is 1.69. The second-order valence-corrected chi connectivity index (χ2v) is 27.6. The number of hydrogen-bond donors (Lipinski definition) is 0. The van der Waals surface area contributed by atoms with Gasteiger partial charge in [0.1, 0.15) is 95.5 Å². The molecule has 0 saturated carbocycles. The maximum Gasteiger partial charge on any atom is 0.254 e. The van der Waals surface area contributed by atoms with Crippen LogP contribution in [0.3, 0.4) is 0 Å². The number of benzene rings is 8. The molecule has 109 heavy (non-hydrogen) atoms. The van der Waals surface area contributed by atoms with Crippen molar-refractivity contribution in [3.05, 3.63) is 334 Å². The van der Waals surface area contributed by atoms with Crippen molar-refractivity contribution in [3.8, 4) is 23.0 Å². The zero-order valence-electron chi connectivity index (χ0n) is 61.0. The van der Waals surface area contributed by atoms with E-state index in [0.29, 0.717) is 101 Å². The molecule has 0 aliphatic carbocycles. The maximum absolute atomic E-state index is 13.2. The third kappa shape index (κ3) is 18.6. The normalized spacial score (nSPS) is 15.8. The quantitative estimate of drug-likeness (QED) is 0.0834. The lowest BCUT2D eigenvalue weighted by Gasteiger charge is -2.39. The molecule has 0 spiro atoms. The lowest BCUT2D eigenvalue weighted by molar-refractivity contribution is 0.0585. The highest BCUT2D eigenvalue weighted by atomic mass is 19.1. The molecule has 0 fully saturated rings. The van der Waals surface area contributed by atoms with Gasteiger partial charge in [-0.05, 0) is 204 Å². The van der Waals surface area contributed by atoms with Crippen molar-refractivity contribution in [1.82, 2.24) is 58.7 Å². The van der Waals surface area contributed by atoms with Gasteiger partial charge in [0.2, 0.25) is 0 Å². The number of rotatable bonds is 16. The number of para-hydroxylation sites is 4. The molecular weight excluding hydrogens is 1390 g/mol. The maximum atomic E-state index is 13.2. The van der Waals surface area contributed by atoms with Gasteiger partial charge in [-0.1, -0.05) is 72.8 Å². The molecule has 0 bridgehead atoms. The van der Waals surface area contributed by atoms with Crippen LogP contribution in [0.2, 0.25) is 0 Å². The van der Waals surface area contributed by atoms with E-state index in [1.54, 1.807) is 19.6 Å². The van der Waals surface area contributed by atoms with Gasteiger partial charge in [0.05, 0.1) is 73.1 Å². The first kappa shape index (κ1) is 74.7. The van der Waals surface area contributed by atoms with Gasteiger partial charge in [-0.3, -0.25) is 37.9 Å². The molecule has 4 aromatic heterocycles. The molecule has 20 nitrogen and oxygen atoms in total. The number of carbonyl (C=O) groups excluding carboxylic acids is 4. The van der Waals surface area contributed by atoms with E-state index in [-0.39, 0.29) is 70.6 Å². The van der Waals surface area contributed by atoms with Crippen molar-refractivity contribution in [3.63, 3.8) is 0 Å². The standard InChI is InChI=1S/C22H22FN3O2.3C21H20FN3O2/c1-22(2)15-25(21(27)16-8-10-17(23)11-9-16)13-19-12-18(24-26(19)22)14-28-20-6-4-3-5-7-20;1-15-12-25-19(11-18(23-25)14-27-20-5-3-2-4-6-20)13-24(15)21(26)16-7-9-17(22)10-8-16;1-15-12-24(21(26)16-7-9-17(22)10-8-16)13-19-11-18(23-25(15)19)14-27-20-5-3-2-4-6-20;1-15-20-13-18(14-27-19-5-3-2-4-6-19)23-25(20)12-11-24(15)21(26)16-7-9-17(22)10-8-16/h3-12H,13-15H2,1-2H3;2*2-11,15H,12-14H2,1H3;2-10,13,15H,11-12,14H2,1H3. The summed E-state index contributed by atoms with van der Waals surface area (Å²) in [4.78, 5) is 58.4. The molecule has 8 aromatic carbocycles. The first-order valence-electron chi connectivity index (χ1n) is 36.0. The summed E-state index contributed by atoms with van der Waals surface area (Å²) in [6.07, 6.45) is 0.